The molecule has 1 aromatic carbocycles. The second-order valence-corrected chi connectivity index (χ2v) is 5.81. The molecule has 104 valence electrons. The highest BCUT2D eigenvalue weighted by atomic mass is 32.2. The Hall–Kier alpha value is -1.55. The quantitative estimate of drug-likeness (QED) is 0.721. The smallest absolute Gasteiger partial charge is 0.299 e. The summed E-state index contributed by atoms with van der Waals surface area (Å²) in [6.45, 7) is 5.12. The van der Waals surface area contributed by atoms with E-state index < -0.39 is 10.2 Å². The van der Waals surface area contributed by atoms with Crippen LogP contribution in [0.1, 0.15) is 25.0 Å². The molecule has 0 fully saturated rings. The molecule has 0 saturated heterocycles. The van der Waals surface area contributed by atoms with E-state index in [1.165, 1.54) is 0 Å². The van der Waals surface area contributed by atoms with Gasteiger partial charge in [-0.2, -0.15) is 13.1 Å². The van der Waals surface area contributed by atoms with Crippen molar-refractivity contribution in [2.45, 2.75) is 26.8 Å². The van der Waals surface area contributed by atoms with E-state index >= 15 is 0 Å². The number of hydrogen-bond acceptors (Lipinski definition) is 3. The summed E-state index contributed by atoms with van der Waals surface area (Å²) < 4.78 is 28.3. The lowest BCUT2D eigenvalue weighted by Crippen LogP contribution is -2.35. The molecule has 1 aromatic rings. The van der Waals surface area contributed by atoms with Crippen LogP contribution < -0.4 is 9.44 Å². The molecule has 1 rings (SSSR count). The Labute approximate surface area is 114 Å². The van der Waals surface area contributed by atoms with Gasteiger partial charge in [-0.15, -0.1) is 0 Å². The molecule has 19 heavy (non-hydrogen) atoms. The second kappa shape index (κ2) is 6.57. The standard InChI is InChI=1S/C13H18N2O3S/c1-10(2)14-19(17,18)15-13-7-6-11(3)12(9-13)5-4-8-16/h6-7,9-10,14-16H,8H2,1-3H3. The molecule has 0 aromatic heterocycles. The Balaban J connectivity index is 2.97. The van der Waals surface area contributed by atoms with Crippen LogP contribution in [0.3, 0.4) is 0 Å². The summed E-state index contributed by atoms with van der Waals surface area (Å²) in [7, 11) is -3.58. The SMILES string of the molecule is Cc1ccc(NS(=O)(=O)NC(C)C)cc1C#CCO. The van der Waals surface area contributed by atoms with Gasteiger partial charge in [-0.1, -0.05) is 17.9 Å². The number of aryl methyl sites for hydroxylation is 1. The summed E-state index contributed by atoms with van der Waals surface area (Å²) in [5.74, 6) is 5.31. The van der Waals surface area contributed by atoms with Crippen molar-refractivity contribution in [2.24, 2.45) is 0 Å². The molecule has 0 aliphatic rings. The monoisotopic (exact) mass is 282 g/mol. The lowest BCUT2D eigenvalue weighted by atomic mass is 10.1. The predicted molar refractivity (Wildman–Crippen MR) is 76.0 cm³/mol. The summed E-state index contributed by atoms with van der Waals surface area (Å²) in [6, 6.07) is 4.89. The molecule has 0 amide bonds. The van der Waals surface area contributed by atoms with Gasteiger partial charge in [0.05, 0.1) is 5.69 Å². The van der Waals surface area contributed by atoms with E-state index in [9.17, 15) is 8.42 Å². The van der Waals surface area contributed by atoms with Crippen molar-refractivity contribution in [1.29, 1.82) is 0 Å². The molecule has 6 heteroatoms. The average Bonchev–Trinajstić information content (AvgIpc) is 2.27. The first-order valence-corrected chi connectivity index (χ1v) is 7.33. The van der Waals surface area contributed by atoms with Gasteiger partial charge in [0.25, 0.3) is 10.2 Å². The van der Waals surface area contributed by atoms with E-state index in [1.54, 1.807) is 32.0 Å². The molecule has 0 heterocycles. The number of aliphatic hydroxyl groups excluding tert-OH is 1. The molecule has 0 atom stereocenters. The molecule has 0 aliphatic heterocycles. The fraction of sp³-hybridized carbons (Fsp3) is 0.385. The minimum atomic E-state index is -3.58. The maximum absolute atomic E-state index is 11.7. The van der Waals surface area contributed by atoms with Crippen LogP contribution in [-0.2, 0) is 10.2 Å². The van der Waals surface area contributed by atoms with Crippen molar-refractivity contribution in [1.82, 2.24) is 4.72 Å². The van der Waals surface area contributed by atoms with Crippen LogP contribution in [0.2, 0.25) is 0 Å². The first-order chi connectivity index (χ1) is 8.84. The van der Waals surface area contributed by atoms with E-state index in [-0.39, 0.29) is 12.6 Å². The van der Waals surface area contributed by atoms with Gasteiger partial charge in [0.1, 0.15) is 6.61 Å². The first-order valence-electron chi connectivity index (χ1n) is 5.84. The Morgan fingerprint density at radius 3 is 2.63 bits per heavy atom. The van der Waals surface area contributed by atoms with Crippen LogP contribution in [0, 0.1) is 18.8 Å². The average molecular weight is 282 g/mol. The van der Waals surface area contributed by atoms with Crippen LogP contribution in [0.15, 0.2) is 18.2 Å². The molecule has 0 aliphatic carbocycles. The summed E-state index contributed by atoms with van der Waals surface area (Å²) in [6.07, 6.45) is 0. The third-order valence-electron chi connectivity index (χ3n) is 2.18. The minimum absolute atomic E-state index is 0.184. The van der Waals surface area contributed by atoms with Crippen molar-refractivity contribution in [2.75, 3.05) is 11.3 Å². The summed E-state index contributed by atoms with van der Waals surface area (Å²) in [5, 5.41) is 8.68. The molecule has 0 saturated carbocycles. The zero-order valence-corrected chi connectivity index (χ0v) is 12.0. The van der Waals surface area contributed by atoms with Crippen LogP contribution in [0.25, 0.3) is 0 Å². The van der Waals surface area contributed by atoms with Crippen molar-refractivity contribution in [3.63, 3.8) is 0 Å². The Kier molecular flexibility index (Phi) is 5.36. The predicted octanol–water partition coefficient (Wildman–Crippen LogP) is 0.994. The fourth-order valence-electron chi connectivity index (χ4n) is 1.45. The Morgan fingerprint density at radius 2 is 2.05 bits per heavy atom. The van der Waals surface area contributed by atoms with E-state index in [2.05, 4.69) is 21.3 Å². The van der Waals surface area contributed by atoms with Gasteiger partial charge in [-0.05, 0) is 38.5 Å². The van der Waals surface area contributed by atoms with Gasteiger partial charge < -0.3 is 5.11 Å². The molecule has 0 bridgehead atoms. The van der Waals surface area contributed by atoms with Gasteiger partial charge in [0, 0.05) is 11.6 Å². The van der Waals surface area contributed by atoms with Gasteiger partial charge in [-0.25, -0.2) is 0 Å². The Morgan fingerprint density at radius 1 is 1.37 bits per heavy atom. The number of hydrogen-bond donors (Lipinski definition) is 3. The maximum atomic E-state index is 11.7. The molecule has 0 unspecified atom stereocenters. The topological polar surface area (TPSA) is 78.4 Å². The molecule has 5 nitrogen and oxygen atoms in total. The summed E-state index contributed by atoms with van der Waals surface area (Å²) in [5.41, 5.74) is 2.03. The highest BCUT2D eigenvalue weighted by Crippen LogP contribution is 2.15. The number of anilines is 1. The fourth-order valence-corrected chi connectivity index (χ4v) is 2.57. The lowest BCUT2D eigenvalue weighted by Gasteiger charge is -2.12. The summed E-state index contributed by atoms with van der Waals surface area (Å²) in [4.78, 5) is 0. The Bertz CT molecular complexity index is 598. The van der Waals surface area contributed by atoms with E-state index in [0.29, 0.717) is 11.3 Å². The molecule has 0 spiro atoms. The van der Waals surface area contributed by atoms with E-state index in [0.717, 1.165) is 5.56 Å². The van der Waals surface area contributed by atoms with Crippen molar-refractivity contribution in [3.05, 3.63) is 29.3 Å². The summed E-state index contributed by atoms with van der Waals surface area (Å²) >= 11 is 0. The van der Waals surface area contributed by atoms with Crippen molar-refractivity contribution >= 4 is 15.9 Å². The van der Waals surface area contributed by atoms with Gasteiger partial charge in [-0.3, -0.25) is 4.72 Å². The van der Waals surface area contributed by atoms with Crippen molar-refractivity contribution in [3.8, 4) is 11.8 Å². The highest BCUT2D eigenvalue weighted by Gasteiger charge is 2.11. The third-order valence-corrected chi connectivity index (χ3v) is 3.47. The number of nitrogens with one attached hydrogen (secondary N) is 2. The minimum Gasteiger partial charge on any atom is -0.384 e. The molecule has 0 radical (unpaired) electrons. The normalized spacial score (nSPS) is 11.0. The zero-order chi connectivity index (χ0) is 14.5. The van der Waals surface area contributed by atoms with Gasteiger partial charge >= 0.3 is 0 Å². The van der Waals surface area contributed by atoms with Crippen LogP contribution in [0.4, 0.5) is 5.69 Å². The first kappa shape index (κ1) is 15.5. The maximum Gasteiger partial charge on any atom is 0.299 e. The molecular formula is C13H18N2O3S. The largest absolute Gasteiger partial charge is 0.384 e. The van der Waals surface area contributed by atoms with E-state index in [1.807, 2.05) is 6.92 Å². The van der Waals surface area contributed by atoms with Crippen LogP contribution in [-0.4, -0.2) is 26.2 Å². The number of benzene rings is 1. The third kappa shape index (κ3) is 5.30. The lowest BCUT2D eigenvalue weighted by molar-refractivity contribution is 0.350. The highest BCUT2D eigenvalue weighted by molar-refractivity contribution is 7.90. The van der Waals surface area contributed by atoms with Crippen molar-refractivity contribution < 1.29 is 13.5 Å². The molecule has 3 N–H and O–H groups in total. The molecular weight excluding hydrogens is 264 g/mol. The van der Waals surface area contributed by atoms with Gasteiger partial charge in [0.2, 0.25) is 0 Å². The van der Waals surface area contributed by atoms with Crippen LogP contribution in [0.5, 0.6) is 0 Å². The van der Waals surface area contributed by atoms with Gasteiger partial charge in [0.15, 0.2) is 0 Å². The second-order valence-electron chi connectivity index (χ2n) is 4.37. The zero-order valence-electron chi connectivity index (χ0n) is 11.2. The number of rotatable bonds is 4. The van der Waals surface area contributed by atoms with Crippen LogP contribution >= 0.6 is 0 Å². The van der Waals surface area contributed by atoms with E-state index in [4.69, 9.17) is 5.11 Å². The number of aliphatic hydroxyl groups is 1.